The Balaban J connectivity index is 1.46. The van der Waals surface area contributed by atoms with Crippen molar-refractivity contribution in [3.8, 4) is 0 Å². The maximum Gasteiger partial charge on any atom is 0.417 e. The Labute approximate surface area is 224 Å². The molecule has 2 aromatic carbocycles. The quantitative estimate of drug-likeness (QED) is 0.479. The van der Waals surface area contributed by atoms with Gasteiger partial charge in [-0.15, -0.1) is 0 Å². The Hall–Kier alpha value is -2.66. The van der Waals surface area contributed by atoms with Gasteiger partial charge in [0.25, 0.3) is 15.9 Å². The van der Waals surface area contributed by atoms with Gasteiger partial charge in [0.05, 0.1) is 16.6 Å². The van der Waals surface area contributed by atoms with E-state index in [4.69, 9.17) is 0 Å². The molecule has 39 heavy (non-hydrogen) atoms. The molecule has 0 radical (unpaired) electrons. The molecule has 1 aliphatic heterocycles. The van der Waals surface area contributed by atoms with Gasteiger partial charge in [0.1, 0.15) is 5.82 Å². The average Bonchev–Trinajstić information content (AvgIpc) is 3.82. The van der Waals surface area contributed by atoms with Crippen LogP contribution < -0.4 is 9.62 Å². The van der Waals surface area contributed by atoms with Crippen molar-refractivity contribution < 1.29 is 35.9 Å². The number of anilines is 1. The van der Waals surface area contributed by atoms with E-state index in [1.807, 2.05) is 0 Å². The predicted octanol–water partition coefficient (Wildman–Crippen LogP) is 5.06. The van der Waals surface area contributed by atoms with E-state index in [2.05, 4.69) is 5.32 Å². The van der Waals surface area contributed by atoms with Gasteiger partial charge in [0, 0.05) is 17.5 Å². The summed E-state index contributed by atoms with van der Waals surface area (Å²) < 4.78 is 84.4. The minimum atomic E-state index is -4.81. The second-order valence-corrected chi connectivity index (χ2v) is 13.4. The predicted molar refractivity (Wildman–Crippen MR) is 135 cm³/mol. The van der Waals surface area contributed by atoms with E-state index in [9.17, 15) is 35.9 Å². The van der Waals surface area contributed by atoms with Gasteiger partial charge < -0.3 is 10.4 Å². The standard InChI is InChI=1S/C28H30F4N2O4S/c29-20-6-8-21(9-7-20)39(37,38)34-23-10-5-19(25(35)33-16-17-1-2-17)15-22(23)26(24(34)18-3-4-18)11-13-27(36,14-12-26)28(30,31)32/h5-10,15,17-18,24,36H,1-4,11-14,16H2,(H,33,35). The third-order valence-corrected chi connectivity index (χ3v) is 10.8. The first kappa shape index (κ1) is 26.6. The summed E-state index contributed by atoms with van der Waals surface area (Å²) in [5.41, 5.74) is -2.69. The topological polar surface area (TPSA) is 86.7 Å². The molecule has 3 aliphatic carbocycles. The molecule has 1 atom stereocenters. The lowest BCUT2D eigenvalue weighted by Crippen LogP contribution is -2.56. The number of fused-ring (bicyclic) bond motifs is 2. The van der Waals surface area contributed by atoms with Gasteiger partial charge in [-0.1, -0.05) is 0 Å². The molecule has 4 aliphatic rings. The number of nitrogens with one attached hydrogen (secondary N) is 1. The van der Waals surface area contributed by atoms with Crippen LogP contribution in [0.15, 0.2) is 47.4 Å². The summed E-state index contributed by atoms with van der Waals surface area (Å²) in [5, 5.41) is 13.4. The molecule has 3 fully saturated rings. The molecule has 2 N–H and O–H groups in total. The van der Waals surface area contributed by atoms with Crippen molar-refractivity contribution in [2.45, 2.75) is 79.5 Å². The molecular weight excluding hydrogens is 536 g/mol. The highest BCUT2D eigenvalue weighted by Crippen LogP contribution is 2.62. The zero-order valence-electron chi connectivity index (χ0n) is 21.2. The molecule has 1 spiro atoms. The smallest absolute Gasteiger partial charge is 0.380 e. The zero-order chi connectivity index (χ0) is 27.8. The van der Waals surface area contributed by atoms with E-state index in [-0.39, 0.29) is 29.6 Å². The van der Waals surface area contributed by atoms with Crippen LogP contribution in [0.4, 0.5) is 23.2 Å². The monoisotopic (exact) mass is 566 g/mol. The van der Waals surface area contributed by atoms with Gasteiger partial charge in [-0.2, -0.15) is 13.2 Å². The zero-order valence-corrected chi connectivity index (χ0v) is 22.0. The van der Waals surface area contributed by atoms with Gasteiger partial charge in [0.2, 0.25) is 0 Å². The lowest BCUT2D eigenvalue weighted by Gasteiger charge is -2.47. The van der Waals surface area contributed by atoms with Crippen molar-refractivity contribution in [2.24, 2.45) is 11.8 Å². The summed E-state index contributed by atoms with van der Waals surface area (Å²) in [6.07, 6.45) is -2.58. The van der Waals surface area contributed by atoms with Crippen molar-refractivity contribution in [3.05, 3.63) is 59.4 Å². The molecule has 1 amide bonds. The summed E-state index contributed by atoms with van der Waals surface area (Å²) >= 11 is 0. The minimum absolute atomic E-state index is 0.0836. The summed E-state index contributed by atoms with van der Waals surface area (Å²) in [4.78, 5) is 12.9. The number of benzene rings is 2. The van der Waals surface area contributed by atoms with Gasteiger partial charge >= 0.3 is 6.18 Å². The number of aliphatic hydroxyl groups is 1. The normalized spacial score (nSPS) is 28.9. The number of sulfonamides is 1. The molecule has 6 rings (SSSR count). The molecule has 6 nitrogen and oxygen atoms in total. The SMILES string of the molecule is O=C(NCC1CC1)c1ccc2c(c1)C1(CCC(O)(C(F)(F)F)CC1)C(C1CC1)N2S(=O)(=O)c1ccc(F)cc1. The number of hydrogen-bond acceptors (Lipinski definition) is 4. The number of amides is 1. The molecule has 2 aromatic rings. The van der Waals surface area contributed by atoms with Crippen LogP contribution in [0, 0.1) is 17.7 Å². The van der Waals surface area contributed by atoms with Crippen LogP contribution in [0.1, 0.15) is 67.3 Å². The van der Waals surface area contributed by atoms with Crippen molar-refractivity contribution >= 4 is 21.6 Å². The van der Waals surface area contributed by atoms with Crippen LogP contribution in [-0.2, 0) is 15.4 Å². The van der Waals surface area contributed by atoms with E-state index in [0.717, 1.165) is 25.0 Å². The Morgan fingerprint density at radius 1 is 1.00 bits per heavy atom. The van der Waals surface area contributed by atoms with Gasteiger partial charge in [-0.25, -0.2) is 12.8 Å². The fourth-order valence-electron chi connectivity index (χ4n) is 6.47. The maximum absolute atomic E-state index is 14.1. The van der Waals surface area contributed by atoms with Gasteiger partial charge in [0.15, 0.2) is 5.60 Å². The lowest BCUT2D eigenvalue weighted by atomic mass is 9.61. The van der Waals surface area contributed by atoms with Crippen molar-refractivity contribution in [1.82, 2.24) is 5.32 Å². The molecule has 210 valence electrons. The maximum atomic E-state index is 14.1. The van der Waals surface area contributed by atoms with Crippen LogP contribution in [0.2, 0.25) is 0 Å². The largest absolute Gasteiger partial charge is 0.417 e. The third kappa shape index (κ3) is 4.41. The Morgan fingerprint density at radius 2 is 1.64 bits per heavy atom. The number of nitrogens with zero attached hydrogens (tertiary/aromatic N) is 1. The van der Waals surface area contributed by atoms with E-state index in [0.29, 0.717) is 42.1 Å². The Bertz CT molecular complexity index is 1390. The molecule has 0 aromatic heterocycles. The van der Waals surface area contributed by atoms with Crippen LogP contribution in [0.3, 0.4) is 0 Å². The number of hydrogen-bond donors (Lipinski definition) is 2. The second-order valence-electron chi connectivity index (χ2n) is 11.6. The number of carbonyl (C=O) groups excluding carboxylic acids is 1. The molecule has 0 saturated heterocycles. The van der Waals surface area contributed by atoms with E-state index in [1.54, 1.807) is 18.2 Å². The molecule has 11 heteroatoms. The fraction of sp³-hybridized carbons (Fsp3) is 0.536. The van der Waals surface area contributed by atoms with Crippen molar-refractivity contribution in [3.63, 3.8) is 0 Å². The van der Waals surface area contributed by atoms with Gasteiger partial charge in [-0.05, 0) is 111 Å². The lowest BCUT2D eigenvalue weighted by molar-refractivity contribution is -0.273. The highest BCUT2D eigenvalue weighted by Gasteiger charge is 2.65. The molecule has 1 heterocycles. The minimum Gasteiger partial charge on any atom is -0.380 e. The third-order valence-electron chi connectivity index (χ3n) is 9.04. The number of rotatable bonds is 6. The summed E-state index contributed by atoms with van der Waals surface area (Å²) in [7, 11) is -4.22. The molecule has 0 bridgehead atoms. The Kier molecular flexibility index (Phi) is 6.08. The van der Waals surface area contributed by atoms with Crippen molar-refractivity contribution in [1.29, 1.82) is 0 Å². The number of alkyl halides is 3. The van der Waals surface area contributed by atoms with Crippen molar-refractivity contribution in [2.75, 3.05) is 10.8 Å². The highest BCUT2D eigenvalue weighted by atomic mass is 32.2. The van der Waals surface area contributed by atoms with E-state index < -0.39 is 51.9 Å². The van der Waals surface area contributed by atoms with E-state index in [1.165, 1.54) is 16.4 Å². The van der Waals surface area contributed by atoms with Crippen LogP contribution in [0.25, 0.3) is 0 Å². The molecule has 3 saturated carbocycles. The number of carbonyl (C=O) groups is 1. The molecule has 1 unspecified atom stereocenters. The summed E-state index contributed by atoms with van der Waals surface area (Å²) in [6.45, 7) is 0.537. The van der Waals surface area contributed by atoms with E-state index >= 15 is 0 Å². The average molecular weight is 567 g/mol. The second kappa shape index (κ2) is 8.92. The summed E-state index contributed by atoms with van der Waals surface area (Å²) in [5.74, 6) is -0.544. The number of halogens is 4. The Morgan fingerprint density at radius 3 is 2.21 bits per heavy atom. The first-order chi connectivity index (χ1) is 18.4. The van der Waals surface area contributed by atoms with Gasteiger partial charge in [-0.3, -0.25) is 9.10 Å². The first-order valence-corrected chi connectivity index (χ1v) is 14.8. The van der Waals surface area contributed by atoms with Crippen LogP contribution >= 0.6 is 0 Å². The molecular formula is C28H30F4N2O4S. The van der Waals surface area contributed by atoms with Crippen LogP contribution in [-0.4, -0.2) is 43.8 Å². The highest BCUT2D eigenvalue weighted by molar-refractivity contribution is 7.92. The van der Waals surface area contributed by atoms with Crippen LogP contribution in [0.5, 0.6) is 0 Å². The fourth-order valence-corrected chi connectivity index (χ4v) is 8.27. The first-order valence-electron chi connectivity index (χ1n) is 13.4. The summed E-state index contributed by atoms with van der Waals surface area (Å²) in [6, 6.07) is 8.55.